The number of aliphatic hydroxyl groups excluding tert-OH is 1. The standard InChI is InChI=1S/C11H12Cl2O2S/c12-7-5-9-8(10(13)6-7)1-2-11(9)16(15)4-3-14/h5-6,11,14H,1-4H2/t11-,16-/m0/s1. The lowest BCUT2D eigenvalue weighted by Crippen LogP contribution is -2.09. The Morgan fingerprint density at radius 3 is 2.88 bits per heavy atom. The molecule has 88 valence electrons. The Labute approximate surface area is 107 Å². The highest BCUT2D eigenvalue weighted by molar-refractivity contribution is 7.85. The fraction of sp³-hybridized carbons (Fsp3) is 0.455. The molecule has 0 amide bonds. The highest BCUT2D eigenvalue weighted by Gasteiger charge is 2.29. The zero-order valence-electron chi connectivity index (χ0n) is 8.58. The Bertz CT molecular complexity index is 434. The molecule has 2 nitrogen and oxygen atoms in total. The minimum atomic E-state index is -1.04. The SMILES string of the molecule is O=[S@@](CCO)[C@H]1CCc2c(Cl)cc(Cl)cc21. The molecule has 0 bridgehead atoms. The molecular weight excluding hydrogens is 267 g/mol. The summed E-state index contributed by atoms with van der Waals surface area (Å²) in [4.78, 5) is 0. The van der Waals surface area contributed by atoms with E-state index in [9.17, 15) is 4.21 Å². The monoisotopic (exact) mass is 278 g/mol. The van der Waals surface area contributed by atoms with Gasteiger partial charge >= 0.3 is 0 Å². The Morgan fingerprint density at radius 2 is 2.19 bits per heavy atom. The second-order valence-corrected chi connectivity index (χ2v) is 6.37. The van der Waals surface area contributed by atoms with Gasteiger partial charge in [-0.15, -0.1) is 0 Å². The van der Waals surface area contributed by atoms with Gasteiger partial charge in [0.15, 0.2) is 0 Å². The Hall–Kier alpha value is -0.0900. The molecule has 0 aromatic heterocycles. The van der Waals surface area contributed by atoms with Gasteiger partial charge in [0.05, 0.1) is 11.9 Å². The zero-order chi connectivity index (χ0) is 11.7. The van der Waals surface area contributed by atoms with Crippen LogP contribution in [0, 0.1) is 0 Å². The van der Waals surface area contributed by atoms with E-state index >= 15 is 0 Å². The maximum Gasteiger partial charge on any atom is 0.0604 e. The van der Waals surface area contributed by atoms with Gasteiger partial charge in [-0.2, -0.15) is 0 Å². The van der Waals surface area contributed by atoms with Crippen LogP contribution < -0.4 is 0 Å². The third-order valence-corrected chi connectivity index (χ3v) is 5.07. The van der Waals surface area contributed by atoms with E-state index in [4.69, 9.17) is 28.3 Å². The molecule has 0 fully saturated rings. The van der Waals surface area contributed by atoms with Gasteiger partial charge in [0, 0.05) is 26.6 Å². The second-order valence-electron chi connectivity index (χ2n) is 3.79. The van der Waals surface area contributed by atoms with E-state index < -0.39 is 10.8 Å². The van der Waals surface area contributed by atoms with Crippen molar-refractivity contribution < 1.29 is 9.32 Å². The van der Waals surface area contributed by atoms with E-state index in [0.29, 0.717) is 15.8 Å². The predicted octanol–water partition coefficient (Wildman–Crippen LogP) is 2.72. The summed E-state index contributed by atoms with van der Waals surface area (Å²) in [5.41, 5.74) is 2.05. The van der Waals surface area contributed by atoms with E-state index in [1.165, 1.54) is 0 Å². The van der Waals surface area contributed by atoms with Gasteiger partial charge in [0.1, 0.15) is 0 Å². The Kier molecular flexibility index (Phi) is 3.90. The number of aliphatic hydroxyl groups is 1. The van der Waals surface area contributed by atoms with Crippen molar-refractivity contribution in [3.8, 4) is 0 Å². The lowest BCUT2D eigenvalue weighted by Gasteiger charge is -2.11. The first kappa shape index (κ1) is 12.4. The summed E-state index contributed by atoms with van der Waals surface area (Å²) < 4.78 is 11.9. The summed E-state index contributed by atoms with van der Waals surface area (Å²) in [5, 5.41) is 10.0. The summed E-state index contributed by atoms with van der Waals surface area (Å²) in [5.74, 6) is 0.314. The molecule has 0 spiro atoms. The van der Waals surface area contributed by atoms with Crippen LogP contribution >= 0.6 is 23.2 Å². The van der Waals surface area contributed by atoms with Gasteiger partial charge in [-0.05, 0) is 36.1 Å². The second kappa shape index (κ2) is 5.05. The average molecular weight is 279 g/mol. The number of rotatable bonds is 3. The summed E-state index contributed by atoms with van der Waals surface area (Å²) >= 11 is 12.0. The summed E-state index contributed by atoms with van der Waals surface area (Å²) in [6, 6.07) is 3.56. The molecule has 0 unspecified atom stereocenters. The number of hydrogen-bond acceptors (Lipinski definition) is 2. The lowest BCUT2D eigenvalue weighted by molar-refractivity contribution is 0.321. The van der Waals surface area contributed by atoms with Crippen LogP contribution in [0.5, 0.6) is 0 Å². The quantitative estimate of drug-likeness (QED) is 0.923. The van der Waals surface area contributed by atoms with Crippen LogP contribution in [-0.4, -0.2) is 21.7 Å². The minimum Gasteiger partial charge on any atom is -0.395 e. The maximum absolute atomic E-state index is 11.9. The molecule has 1 aromatic carbocycles. The van der Waals surface area contributed by atoms with Crippen LogP contribution in [0.3, 0.4) is 0 Å². The molecule has 0 heterocycles. The molecule has 1 N–H and O–H groups in total. The molecule has 1 aromatic rings. The predicted molar refractivity (Wildman–Crippen MR) is 67.6 cm³/mol. The first-order valence-corrected chi connectivity index (χ1v) is 7.23. The number of benzene rings is 1. The fourth-order valence-corrected chi connectivity index (χ4v) is 4.05. The fourth-order valence-electron chi connectivity index (χ4n) is 2.11. The van der Waals surface area contributed by atoms with Crippen LogP contribution in [0.25, 0.3) is 0 Å². The van der Waals surface area contributed by atoms with Crippen molar-refractivity contribution in [1.29, 1.82) is 0 Å². The van der Waals surface area contributed by atoms with Crippen molar-refractivity contribution in [2.75, 3.05) is 12.4 Å². The molecule has 0 saturated carbocycles. The zero-order valence-corrected chi connectivity index (χ0v) is 10.9. The smallest absolute Gasteiger partial charge is 0.0604 e. The molecule has 0 aliphatic heterocycles. The maximum atomic E-state index is 11.9. The Morgan fingerprint density at radius 1 is 1.44 bits per heavy atom. The number of halogens is 2. The van der Waals surface area contributed by atoms with E-state index in [0.717, 1.165) is 24.0 Å². The minimum absolute atomic E-state index is 0.0293. The van der Waals surface area contributed by atoms with Crippen LogP contribution in [0.1, 0.15) is 22.8 Å². The molecule has 2 rings (SSSR count). The summed E-state index contributed by atoms with van der Waals surface area (Å²) in [7, 11) is -1.04. The third-order valence-electron chi connectivity index (χ3n) is 2.81. The number of fused-ring (bicyclic) bond motifs is 1. The van der Waals surface area contributed by atoms with Crippen LogP contribution in [0.2, 0.25) is 10.0 Å². The average Bonchev–Trinajstić information content (AvgIpc) is 2.61. The third kappa shape index (κ3) is 2.28. The van der Waals surface area contributed by atoms with E-state index in [1.54, 1.807) is 6.07 Å². The number of hydrogen-bond donors (Lipinski definition) is 1. The molecule has 2 atom stereocenters. The van der Waals surface area contributed by atoms with Crippen molar-refractivity contribution >= 4 is 34.0 Å². The van der Waals surface area contributed by atoms with Crippen LogP contribution in [0.15, 0.2) is 12.1 Å². The first-order chi connectivity index (χ1) is 7.63. The molecule has 1 aliphatic rings. The van der Waals surface area contributed by atoms with Gasteiger partial charge in [-0.1, -0.05) is 23.2 Å². The van der Waals surface area contributed by atoms with Gasteiger partial charge in [-0.3, -0.25) is 4.21 Å². The normalized spacial score (nSPS) is 20.8. The largest absolute Gasteiger partial charge is 0.395 e. The molecule has 0 radical (unpaired) electrons. The van der Waals surface area contributed by atoms with Crippen LogP contribution in [0.4, 0.5) is 0 Å². The van der Waals surface area contributed by atoms with Crippen molar-refractivity contribution in [2.45, 2.75) is 18.1 Å². The first-order valence-electron chi connectivity index (χ1n) is 5.09. The molecule has 5 heteroatoms. The lowest BCUT2D eigenvalue weighted by atomic mass is 10.1. The Balaban J connectivity index is 2.35. The van der Waals surface area contributed by atoms with E-state index in [-0.39, 0.29) is 11.9 Å². The van der Waals surface area contributed by atoms with Gasteiger partial charge in [-0.25, -0.2) is 0 Å². The van der Waals surface area contributed by atoms with Gasteiger partial charge in [0.2, 0.25) is 0 Å². The molecular formula is C11H12Cl2O2S. The van der Waals surface area contributed by atoms with Crippen molar-refractivity contribution in [3.63, 3.8) is 0 Å². The van der Waals surface area contributed by atoms with Crippen molar-refractivity contribution in [2.24, 2.45) is 0 Å². The molecule has 16 heavy (non-hydrogen) atoms. The highest BCUT2D eigenvalue weighted by Crippen LogP contribution is 2.40. The summed E-state index contributed by atoms with van der Waals surface area (Å²) in [6.45, 7) is -0.0489. The highest BCUT2D eigenvalue weighted by atomic mass is 35.5. The van der Waals surface area contributed by atoms with E-state index in [1.807, 2.05) is 6.07 Å². The van der Waals surface area contributed by atoms with Crippen molar-refractivity contribution in [1.82, 2.24) is 0 Å². The van der Waals surface area contributed by atoms with Crippen LogP contribution in [-0.2, 0) is 17.2 Å². The topological polar surface area (TPSA) is 37.3 Å². The van der Waals surface area contributed by atoms with Gasteiger partial charge < -0.3 is 5.11 Å². The van der Waals surface area contributed by atoms with E-state index in [2.05, 4.69) is 0 Å². The summed E-state index contributed by atoms with van der Waals surface area (Å²) in [6.07, 6.45) is 1.66. The van der Waals surface area contributed by atoms with Crippen molar-refractivity contribution in [3.05, 3.63) is 33.3 Å². The van der Waals surface area contributed by atoms with Gasteiger partial charge in [0.25, 0.3) is 0 Å². The molecule has 1 aliphatic carbocycles. The molecule has 0 saturated heterocycles.